The molecule has 0 fully saturated rings. The molecular weight excluding hydrogens is 376 g/mol. The van der Waals surface area contributed by atoms with Gasteiger partial charge in [-0.05, 0) is 18.2 Å². The molecule has 0 spiro atoms. The van der Waals surface area contributed by atoms with E-state index < -0.39 is 30.3 Å². The molecule has 1 aliphatic rings. The van der Waals surface area contributed by atoms with Crippen LogP contribution in [0.1, 0.15) is 43.9 Å². The first-order valence-corrected chi connectivity index (χ1v) is 8.74. The number of nitriles is 2. The maximum Gasteiger partial charge on any atom is 0.338 e. The van der Waals surface area contributed by atoms with E-state index in [-0.39, 0.29) is 49.2 Å². The first-order chi connectivity index (χ1) is 13.9. The maximum atomic E-state index is 12.3. The summed E-state index contributed by atoms with van der Waals surface area (Å²) in [6, 6.07) is 7.79. The van der Waals surface area contributed by atoms with Crippen molar-refractivity contribution in [2.75, 3.05) is 26.2 Å². The minimum atomic E-state index is -0.830. The van der Waals surface area contributed by atoms with Crippen molar-refractivity contribution in [3.05, 3.63) is 47.5 Å². The third-order valence-electron chi connectivity index (χ3n) is 4.18. The number of benzene rings is 1. The topological polar surface area (TPSA) is 132 Å². The highest BCUT2D eigenvalue weighted by Crippen LogP contribution is 2.24. The largest absolute Gasteiger partial charge is 0.452 e. The summed E-state index contributed by atoms with van der Waals surface area (Å²) in [6.45, 7) is 3.25. The number of rotatable bonds is 9. The van der Waals surface area contributed by atoms with Gasteiger partial charge in [-0.3, -0.25) is 19.3 Å². The highest BCUT2D eigenvalue weighted by molar-refractivity contribution is 6.22. The third kappa shape index (κ3) is 4.85. The van der Waals surface area contributed by atoms with Crippen molar-refractivity contribution in [2.45, 2.75) is 12.8 Å². The molecule has 1 heterocycles. The standard InChI is InChI=1S/C20H18N4O5/c1-2-9-24-18(26)15-6-5-14(12-16(15)19(24)27)20(28)29-13-17(25)23(10-3-7-21)11-4-8-22/h2,5-6,12H,1,3-4,9-11,13H2. The van der Waals surface area contributed by atoms with Gasteiger partial charge in [0, 0.05) is 19.6 Å². The van der Waals surface area contributed by atoms with E-state index in [1.54, 1.807) is 0 Å². The fourth-order valence-electron chi connectivity index (χ4n) is 2.75. The smallest absolute Gasteiger partial charge is 0.338 e. The van der Waals surface area contributed by atoms with Crippen LogP contribution in [0.4, 0.5) is 0 Å². The van der Waals surface area contributed by atoms with Crippen LogP contribution in [-0.2, 0) is 9.53 Å². The lowest BCUT2D eigenvalue weighted by Crippen LogP contribution is -2.36. The Bertz CT molecular complexity index is 923. The van der Waals surface area contributed by atoms with Crippen LogP contribution < -0.4 is 0 Å². The number of carbonyl (C=O) groups excluding carboxylic acids is 4. The van der Waals surface area contributed by atoms with Gasteiger partial charge in [0.1, 0.15) is 0 Å². The zero-order chi connectivity index (χ0) is 21.4. The lowest BCUT2D eigenvalue weighted by atomic mass is 10.1. The molecule has 2 rings (SSSR count). The second-order valence-corrected chi connectivity index (χ2v) is 6.04. The van der Waals surface area contributed by atoms with Crippen molar-refractivity contribution < 1.29 is 23.9 Å². The Kier molecular flexibility index (Phi) is 7.21. The van der Waals surface area contributed by atoms with Gasteiger partial charge in [-0.2, -0.15) is 10.5 Å². The van der Waals surface area contributed by atoms with Crippen LogP contribution in [0, 0.1) is 22.7 Å². The number of nitrogens with zero attached hydrogens (tertiary/aromatic N) is 4. The number of hydrogen-bond acceptors (Lipinski definition) is 7. The fourth-order valence-corrected chi connectivity index (χ4v) is 2.75. The van der Waals surface area contributed by atoms with Crippen molar-refractivity contribution in [1.82, 2.24) is 9.80 Å². The summed E-state index contributed by atoms with van der Waals surface area (Å²) >= 11 is 0. The van der Waals surface area contributed by atoms with E-state index >= 15 is 0 Å². The Hall–Kier alpha value is -3.98. The van der Waals surface area contributed by atoms with E-state index in [1.165, 1.54) is 29.2 Å². The van der Waals surface area contributed by atoms with Crippen LogP contribution in [0.3, 0.4) is 0 Å². The Morgan fingerprint density at radius 1 is 1.10 bits per heavy atom. The van der Waals surface area contributed by atoms with Crippen LogP contribution >= 0.6 is 0 Å². The van der Waals surface area contributed by atoms with Crippen LogP contribution in [0.5, 0.6) is 0 Å². The quantitative estimate of drug-likeness (QED) is 0.350. The molecule has 1 aromatic rings. The average molecular weight is 394 g/mol. The van der Waals surface area contributed by atoms with Crippen molar-refractivity contribution in [3.63, 3.8) is 0 Å². The molecule has 29 heavy (non-hydrogen) atoms. The van der Waals surface area contributed by atoms with Gasteiger partial charge in [-0.25, -0.2) is 4.79 Å². The molecule has 0 aliphatic carbocycles. The van der Waals surface area contributed by atoms with E-state index in [1.807, 2.05) is 12.1 Å². The molecule has 0 aromatic heterocycles. The zero-order valence-corrected chi connectivity index (χ0v) is 15.6. The highest BCUT2D eigenvalue weighted by Gasteiger charge is 2.35. The zero-order valence-electron chi connectivity index (χ0n) is 15.6. The normalized spacial score (nSPS) is 12.0. The van der Waals surface area contributed by atoms with Gasteiger partial charge in [0.2, 0.25) is 0 Å². The monoisotopic (exact) mass is 394 g/mol. The molecule has 1 aromatic carbocycles. The predicted octanol–water partition coefficient (Wildman–Crippen LogP) is 1.28. The second-order valence-electron chi connectivity index (χ2n) is 6.04. The predicted molar refractivity (Wildman–Crippen MR) is 99.3 cm³/mol. The summed E-state index contributed by atoms with van der Waals surface area (Å²) in [5.41, 5.74) is 0.296. The van der Waals surface area contributed by atoms with Gasteiger partial charge >= 0.3 is 5.97 Å². The number of hydrogen-bond donors (Lipinski definition) is 0. The van der Waals surface area contributed by atoms with Gasteiger partial charge in [0.15, 0.2) is 6.61 Å². The van der Waals surface area contributed by atoms with Gasteiger partial charge in [-0.15, -0.1) is 6.58 Å². The van der Waals surface area contributed by atoms with Crippen LogP contribution in [0.25, 0.3) is 0 Å². The molecule has 9 heteroatoms. The van der Waals surface area contributed by atoms with Crippen LogP contribution in [0.15, 0.2) is 30.9 Å². The lowest BCUT2D eigenvalue weighted by Gasteiger charge is -2.20. The van der Waals surface area contributed by atoms with Crippen molar-refractivity contribution >= 4 is 23.7 Å². The molecule has 148 valence electrons. The number of imide groups is 1. The summed E-state index contributed by atoms with van der Waals surface area (Å²) < 4.78 is 5.01. The van der Waals surface area contributed by atoms with E-state index in [0.717, 1.165) is 4.90 Å². The van der Waals surface area contributed by atoms with Gasteiger partial charge < -0.3 is 9.64 Å². The minimum absolute atomic E-state index is 0.0266. The second kappa shape index (κ2) is 9.81. The molecular formula is C20H18N4O5. The fraction of sp³-hybridized carbons (Fsp3) is 0.300. The van der Waals surface area contributed by atoms with Crippen molar-refractivity contribution in [1.29, 1.82) is 10.5 Å². The van der Waals surface area contributed by atoms with Crippen molar-refractivity contribution in [2.24, 2.45) is 0 Å². The maximum absolute atomic E-state index is 12.3. The highest BCUT2D eigenvalue weighted by atomic mass is 16.5. The summed E-state index contributed by atoms with van der Waals surface area (Å²) in [5, 5.41) is 17.3. The number of fused-ring (bicyclic) bond motifs is 1. The lowest BCUT2D eigenvalue weighted by molar-refractivity contribution is -0.134. The van der Waals surface area contributed by atoms with Gasteiger partial charge in [0.05, 0.1) is 41.7 Å². The van der Waals surface area contributed by atoms with Gasteiger partial charge in [-0.1, -0.05) is 6.08 Å². The molecule has 0 bridgehead atoms. The number of amides is 3. The first-order valence-electron chi connectivity index (χ1n) is 8.74. The summed E-state index contributed by atoms with van der Waals surface area (Å²) in [6.07, 6.45) is 1.60. The van der Waals surface area contributed by atoms with Crippen LogP contribution in [-0.4, -0.2) is 59.7 Å². The van der Waals surface area contributed by atoms with E-state index in [9.17, 15) is 19.2 Å². The Balaban J connectivity index is 2.05. The summed E-state index contributed by atoms with van der Waals surface area (Å²) in [5.74, 6) is -2.36. The number of ether oxygens (including phenoxy) is 1. The molecule has 0 saturated carbocycles. The Morgan fingerprint density at radius 3 is 2.31 bits per heavy atom. The molecule has 3 amide bonds. The molecule has 0 atom stereocenters. The van der Waals surface area contributed by atoms with E-state index in [2.05, 4.69) is 6.58 Å². The van der Waals surface area contributed by atoms with Gasteiger partial charge in [0.25, 0.3) is 17.7 Å². The molecule has 9 nitrogen and oxygen atoms in total. The minimum Gasteiger partial charge on any atom is -0.452 e. The molecule has 1 aliphatic heterocycles. The first kappa shape index (κ1) is 21.3. The number of esters is 1. The Morgan fingerprint density at radius 2 is 1.72 bits per heavy atom. The SMILES string of the molecule is C=CCN1C(=O)c2ccc(C(=O)OCC(=O)N(CCC#N)CCC#N)cc2C1=O. The van der Waals surface area contributed by atoms with E-state index in [0.29, 0.717) is 0 Å². The Labute approximate surface area is 167 Å². The third-order valence-corrected chi connectivity index (χ3v) is 4.18. The van der Waals surface area contributed by atoms with Crippen LogP contribution in [0.2, 0.25) is 0 Å². The van der Waals surface area contributed by atoms with E-state index in [4.69, 9.17) is 15.3 Å². The average Bonchev–Trinajstić information content (AvgIpc) is 2.96. The molecule has 0 saturated heterocycles. The molecule has 0 radical (unpaired) electrons. The number of carbonyl (C=O) groups is 4. The summed E-state index contributed by atoms with van der Waals surface area (Å²) in [7, 11) is 0. The molecule has 0 N–H and O–H groups in total. The van der Waals surface area contributed by atoms with Crippen molar-refractivity contribution in [3.8, 4) is 12.1 Å². The summed E-state index contributed by atoms with van der Waals surface area (Å²) in [4.78, 5) is 51.3. The molecule has 0 unspecified atom stereocenters.